The van der Waals surface area contributed by atoms with Crippen LogP contribution < -0.4 is 0 Å². The van der Waals surface area contributed by atoms with Crippen LogP contribution in [-0.2, 0) is 0 Å². The Labute approximate surface area is 116 Å². The molecule has 0 N–H and O–H groups in total. The normalized spacial score (nSPS) is 48.0. The molecule has 2 saturated carbocycles. The van der Waals surface area contributed by atoms with Crippen molar-refractivity contribution in [1.29, 1.82) is 0 Å². The van der Waals surface area contributed by atoms with Crippen molar-refractivity contribution in [2.75, 3.05) is 0 Å². The zero-order valence-electron chi connectivity index (χ0n) is 11.2. The summed E-state index contributed by atoms with van der Waals surface area (Å²) in [5.74, 6) is 3.19. The fraction of sp³-hybridized carbons (Fsp3) is 1.00. The molecule has 100 valence electrons. The lowest BCUT2D eigenvalue weighted by Gasteiger charge is -2.36. The Hall–Kier alpha value is 0.580. The predicted molar refractivity (Wildman–Crippen MR) is 76.9 cm³/mol. The van der Waals surface area contributed by atoms with E-state index in [9.17, 15) is 0 Å². The van der Waals surface area contributed by atoms with E-state index in [0.29, 0.717) is 10.8 Å². The Morgan fingerprint density at radius 2 is 1.18 bits per heavy atom. The minimum Gasteiger partial charge on any atom is -0.123 e. The standard InChI is InChI=1S/C15H26Cl2/c1-10-3-5-12(8-14(10)16)7-13-6-4-11(2)15(17)9-13/h10-15H,3-9H2,1-2H3. The molecule has 2 aliphatic carbocycles. The topological polar surface area (TPSA) is 0 Å². The summed E-state index contributed by atoms with van der Waals surface area (Å²) in [4.78, 5) is 0. The fourth-order valence-electron chi connectivity index (χ4n) is 3.60. The summed E-state index contributed by atoms with van der Waals surface area (Å²) in [7, 11) is 0. The minimum atomic E-state index is 0.420. The fourth-order valence-corrected chi connectivity index (χ4v) is 4.35. The first-order valence-electron chi connectivity index (χ1n) is 7.34. The van der Waals surface area contributed by atoms with E-state index in [-0.39, 0.29) is 0 Å². The molecule has 17 heavy (non-hydrogen) atoms. The molecule has 0 nitrogen and oxygen atoms in total. The van der Waals surface area contributed by atoms with E-state index in [1.54, 1.807) is 0 Å². The first-order valence-corrected chi connectivity index (χ1v) is 8.21. The average Bonchev–Trinajstić information content (AvgIpc) is 2.29. The van der Waals surface area contributed by atoms with Crippen LogP contribution in [0, 0.1) is 23.7 Å². The molecule has 0 spiro atoms. The highest BCUT2D eigenvalue weighted by atomic mass is 35.5. The molecule has 2 heteroatoms. The van der Waals surface area contributed by atoms with E-state index >= 15 is 0 Å². The lowest BCUT2D eigenvalue weighted by Crippen LogP contribution is -2.28. The summed E-state index contributed by atoms with van der Waals surface area (Å²) in [6.45, 7) is 4.59. The van der Waals surface area contributed by atoms with Crippen LogP contribution in [0.2, 0.25) is 0 Å². The highest BCUT2D eigenvalue weighted by molar-refractivity contribution is 6.21. The molecule has 0 amide bonds. The molecular formula is C15H26Cl2. The van der Waals surface area contributed by atoms with Crippen LogP contribution in [0.4, 0.5) is 0 Å². The maximum atomic E-state index is 6.41. The van der Waals surface area contributed by atoms with E-state index < -0.39 is 0 Å². The van der Waals surface area contributed by atoms with Crippen LogP contribution in [-0.4, -0.2) is 10.8 Å². The van der Waals surface area contributed by atoms with Crippen molar-refractivity contribution in [2.24, 2.45) is 23.7 Å². The quantitative estimate of drug-likeness (QED) is 0.588. The van der Waals surface area contributed by atoms with Crippen LogP contribution in [0.3, 0.4) is 0 Å². The summed E-state index contributed by atoms with van der Waals surface area (Å²) >= 11 is 12.8. The van der Waals surface area contributed by atoms with E-state index in [0.717, 1.165) is 23.7 Å². The lowest BCUT2D eigenvalue weighted by atomic mass is 9.73. The molecule has 2 aliphatic rings. The van der Waals surface area contributed by atoms with Crippen LogP contribution in [0.25, 0.3) is 0 Å². The number of alkyl halides is 2. The van der Waals surface area contributed by atoms with Crippen molar-refractivity contribution in [1.82, 2.24) is 0 Å². The Kier molecular flexibility index (Phi) is 5.06. The Balaban J connectivity index is 1.78. The monoisotopic (exact) mass is 276 g/mol. The zero-order valence-corrected chi connectivity index (χ0v) is 12.7. The Bertz CT molecular complexity index is 217. The molecule has 6 unspecified atom stereocenters. The molecule has 0 radical (unpaired) electrons. The smallest absolute Gasteiger partial charge is 0.0364 e. The van der Waals surface area contributed by atoms with Crippen molar-refractivity contribution < 1.29 is 0 Å². The van der Waals surface area contributed by atoms with Crippen LogP contribution in [0.15, 0.2) is 0 Å². The number of hydrogen-bond donors (Lipinski definition) is 0. The molecule has 0 aliphatic heterocycles. The van der Waals surface area contributed by atoms with Gasteiger partial charge in [0, 0.05) is 10.8 Å². The summed E-state index contributed by atoms with van der Waals surface area (Å²) in [6, 6.07) is 0. The molecule has 0 saturated heterocycles. The van der Waals surface area contributed by atoms with E-state index in [1.807, 2.05) is 0 Å². The molecule has 0 bridgehead atoms. The molecule has 0 aromatic rings. The second kappa shape index (κ2) is 6.15. The van der Waals surface area contributed by atoms with Crippen molar-refractivity contribution in [3.63, 3.8) is 0 Å². The average molecular weight is 277 g/mol. The van der Waals surface area contributed by atoms with Gasteiger partial charge in [0.1, 0.15) is 0 Å². The second-order valence-electron chi connectivity index (χ2n) is 6.58. The molecule has 2 rings (SSSR count). The molecule has 0 aromatic heterocycles. The maximum Gasteiger partial charge on any atom is 0.0364 e. The highest BCUT2D eigenvalue weighted by Crippen LogP contribution is 2.40. The second-order valence-corrected chi connectivity index (χ2v) is 7.70. The summed E-state index contributed by atoms with van der Waals surface area (Å²) in [5, 5.41) is 0.839. The van der Waals surface area contributed by atoms with Gasteiger partial charge in [0.05, 0.1) is 0 Å². The van der Waals surface area contributed by atoms with Crippen LogP contribution in [0.5, 0.6) is 0 Å². The van der Waals surface area contributed by atoms with Crippen LogP contribution >= 0.6 is 23.2 Å². The van der Waals surface area contributed by atoms with Crippen molar-refractivity contribution in [3.05, 3.63) is 0 Å². The minimum absolute atomic E-state index is 0.420. The van der Waals surface area contributed by atoms with Crippen molar-refractivity contribution in [2.45, 2.75) is 69.5 Å². The molecule has 6 atom stereocenters. The summed E-state index contributed by atoms with van der Waals surface area (Å²) in [6.07, 6.45) is 9.29. The van der Waals surface area contributed by atoms with Gasteiger partial charge in [-0.1, -0.05) is 26.7 Å². The number of hydrogen-bond acceptors (Lipinski definition) is 0. The van der Waals surface area contributed by atoms with Gasteiger partial charge in [-0.15, -0.1) is 23.2 Å². The third kappa shape index (κ3) is 3.77. The summed E-state index contributed by atoms with van der Waals surface area (Å²) < 4.78 is 0. The van der Waals surface area contributed by atoms with Gasteiger partial charge in [0.15, 0.2) is 0 Å². The SMILES string of the molecule is CC1CCC(CC2CCC(C)C(Cl)C2)CC1Cl. The molecule has 0 aromatic carbocycles. The zero-order chi connectivity index (χ0) is 12.4. The predicted octanol–water partition coefficient (Wildman–Crippen LogP) is 5.46. The largest absolute Gasteiger partial charge is 0.123 e. The third-order valence-electron chi connectivity index (χ3n) is 5.08. The van der Waals surface area contributed by atoms with E-state index in [1.165, 1.54) is 44.9 Å². The van der Waals surface area contributed by atoms with Gasteiger partial charge < -0.3 is 0 Å². The van der Waals surface area contributed by atoms with Crippen molar-refractivity contribution >= 4 is 23.2 Å². The van der Waals surface area contributed by atoms with E-state index in [4.69, 9.17) is 23.2 Å². The van der Waals surface area contributed by atoms with Gasteiger partial charge in [-0.3, -0.25) is 0 Å². The third-order valence-corrected chi connectivity index (χ3v) is 6.30. The lowest BCUT2D eigenvalue weighted by molar-refractivity contribution is 0.205. The Morgan fingerprint density at radius 1 is 0.765 bits per heavy atom. The van der Waals surface area contributed by atoms with Gasteiger partial charge in [0.25, 0.3) is 0 Å². The Morgan fingerprint density at radius 3 is 1.53 bits per heavy atom. The van der Waals surface area contributed by atoms with Crippen molar-refractivity contribution in [3.8, 4) is 0 Å². The molecule has 0 heterocycles. The van der Waals surface area contributed by atoms with Gasteiger partial charge in [-0.05, 0) is 55.8 Å². The van der Waals surface area contributed by atoms with E-state index in [2.05, 4.69) is 13.8 Å². The molecule has 2 fully saturated rings. The number of halogens is 2. The first kappa shape index (κ1) is 14.0. The van der Waals surface area contributed by atoms with Gasteiger partial charge in [0.2, 0.25) is 0 Å². The number of rotatable bonds is 2. The first-order chi connectivity index (χ1) is 8.06. The van der Waals surface area contributed by atoms with Gasteiger partial charge in [-0.2, -0.15) is 0 Å². The highest BCUT2D eigenvalue weighted by Gasteiger charge is 2.31. The van der Waals surface area contributed by atoms with Crippen LogP contribution in [0.1, 0.15) is 58.8 Å². The maximum absolute atomic E-state index is 6.41. The van der Waals surface area contributed by atoms with Gasteiger partial charge in [-0.25, -0.2) is 0 Å². The van der Waals surface area contributed by atoms with Gasteiger partial charge >= 0.3 is 0 Å². The summed E-state index contributed by atoms with van der Waals surface area (Å²) in [5.41, 5.74) is 0. The molecular weight excluding hydrogens is 251 g/mol.